The van der Waals surface area contributed by atoms with E-state index in [1.807, 2.05) is 18.4 Å². The minimum Gasteiger partial charge on any atom is -0.320 e. The van der Waals surface area contributed by atoms with Crippen molar-refractivity contribution < 1.29 is 13.6 Å². The molecule has 0 aliphatic carbocycles. The molecule has 1 heterocycles. The average molecular weight is 471 g/mol. The zero-order valence-corrected chi connectivity index (χ0v) is 18.5. The average Bonchev–Trinajstić information content (AvgIpc) is 3.05. The number of anilines is 1. The van der Waals surface area contributed by atoms with Gasteiger partial charge in [-0.2, -0.15) is 0 Å². The number of benzene rings is 2. The van der Waals surface area contributed by atoms with E-state index in [4.69, 9.17) is 23.2 Å². The molecule has 2 aromatic carbocycles. The van der Waals surface area contributed by atoms with E-state index in [1.165, 1.54) is 6.07 Å². The fourth-order valence-corrected chi connectivity index (χ4v) is 3.96. The van der Waals surface area contributed by atoms with Crippen LogP contribution in [0.15, 0.2) is 41.6 Å². The summed E-state index contributed by atoms with van der Waals surface area (Å²) in [5.74, 6) is -1.51. The van der Waals surface area contributed by atoms with Crippen molar-refractivity contribution in [2.24, 2.45) is 5.92 Å². The largest absolute Gasteiger partial charge is 0.320 e. The molecule has 10 heteroatoms. The van der Waals surface area contributed by atoms with Crippen LogP contribution in [0.3, 0.4) is 0 Å². The lowest BCUT2D eigenvalue weighted by molar-refractivity contribution is -0.113. The highest BCUT2D eigenvalue weighted by molar-refractivity contribution is 7.99. The van der Waals surface area contributed by atoms with Crippen molar-refractivity contribution in [3.05, 3.63) is 58.1 Å². The molecule has 30 heavy (non-hydrogen) atoms. The van der Waals surface area contributed by atoms with Gasteiger partial charge in [0.2, 0.25) is 5.91 Å². The topological polar surface area (TPSA) is 59.8 Å². The number of rotatable bonds is 7. The monoisotopic (exact) mass is 470 g/mol. The van der Waals surface area contributed by atoms with E-state index in [1.54, 1.807) is 18.2 Å². The predicted molar refractivity (Wildman–Crippen MR) is 116 cm³/mol. The summed E-state index contributed by atoms with van der Waals surface area (Å²) in [4.78, 5) is 12.2. The van der Waals surface area contributed by atoms with Crippen LogP contribution in [0, 0.1) is 17.6 Å². The molecular weight excluding hydrogens is 453 g/mol. The smallest absolute Gasteiger partial charge is 0.235 e. The summed E-state index contributed by atoms with van der Waals surface area (Å²) in [7, 11) is 0. The van der Waals surface area contributed by atoms with Gasteiger partial charge in [0.05, 0.1) is 10.8 Å². The molecule has 1 N–H and O–H groups in total. The van der Waals surface area contributed by atoms with Crippen LogP contribution in [0.1, 0.15) is 13.8 Å². The molecule has 0 saturated heterocycles. The van der Waals surface area contributed by atoms with Crippen LogP contribution < -0.4 is 5.32 Å². The van der Waals surface area contributed by atoms with Crippen LogP contribution in [-0.4, -0.2) is 26.4 Å². The first-order valence-electron chi connectivity index (χ1n) is 9.01. The SMILES string of the molecule is CC(C)Cn1c(SCC(=O)Nc2c(F)cccc2F)nnc1-c1ccc(Cl)cc1Cl. The van der Waals surface area contributed by atoms with E-state index in [2.05, 4.69) is 15.5 Å². The van der Waals surface area contributed by atoms with Crippen molar-refractivity contribution in [3.8, 4) is 11.4 Å². The van der Waals surface area contributed by atoms with E-state index in [-0.39, 0.29) is 11.7 Å². The fraction of sp³-hybridized carbons (Fsp3) is 0.250. The number of amides is 1. The third-order valence-corrected chi connectivity index (χ3v) is 5.51. The molecule has 0 aliphatic rings. The maximum Gasteiger partial charge on any atom is 0.235 e. The molecule has 0 atom stereocenters. The molecule has 0 unspecified atom stereocenters. The lowest BCUT2D eigenvalue weighted by atomic mass is 10.2. The van der Waals surface area contributed by atoms with Gasteiger partial charge >= 0.3 is 0 Å². The number of nitrogens with zero attached hydrogens (tertiary/aromatic N) is 3. The number of halogens is 4. The first-order chi connectivity index (χ1) is 14.3. The number of carbonyl (C=O) groups excluding carboxylic acids is 1. The Morgan fingerprint density at radius 1 is 1.17 bits per heavy atom. The number of nitrogens with one attached hydrogen (secondary N) is 1. The van der Waals surface area contributed by atoms with Gasteiger partial charge in [-0.05, 0) is 36.2 Å². The highest BCUT2D eigenvalue weighted by atomic mass is 35.5. The van der Waals surface area contributed by atoms with Gasteiger partial charge < -0.3 is 9.88 Å². The Kier molecular flexibility index (Phi) is 7.33. The Labute approximate surface area is 186 Å². The third kappa shape index (κ3) is 5.30. The summed E-state index contributed by atoms with van der Waals surface area (Å²) in [6, 6.07) is 8.47. The van der Waals surface area contributed by atoms with Gasteiger partial charge in [-0.25, -0.2) is 8.78 Å². The Hall–Kier alpha value is -2.16. The summed E-state index contributed by atoms with van der Waals surface area (Å²) in [5, 5.41) is 12.1. The summed E-state index contributed by atoms with van der Waals surface area (Å²) >= 11 is 13.4. The second-order valence-electron chi connectivity index (χ2n) is 6.87. The number of hydrogen-bond acceptors (Lipinski definition) is 4. The van der Waals surface area contributed by atoms with Crippen LogP contribution in [-0.2, 0) is 11.3 Å². The summed E-state index contributed by atoms with van der Waals surface area (Å²) < 4.78 is 29.3. The van der Waals surface area contributed by atoms with E-state index < -0.39 is 23.2 Å². The predicted octanol–water partition coefficient (Wildman–Crippen LogP) is 5.92. The third-order valence-electron chi connectivity index (χ3n) is 4.00. The lowest BCUT2D eigenvalue weighted by Crippen LogP contribution is -2.17. The Bertz CT molecular complexity index is 1050. The second-order valence-corrected chi connectivity index (χ2v) is 8.65. The van der Waals surface area contributed by atoms with E-state index in [0.29, 0.717) is 33.1 Å². The fourth-order valence-electron chi connectivity index (χ4n) is 2.72. The van der Waals surface area contributed by atoms with Crippen LogP contribution in [0.5, 0.6) is 0 Å². The zero-order valence-electron chi connectivity index (χ0n) is 16.1. The normalized spacial score (nSPS) is 11.2. The van der Waals surface area contributed by atoms with Crippen molar-refractivity contribution >= 4 is 46.6 Å². The van der Waals surface area contributed by atoms with E-state index in [9.17, 15) is 13.6 Å². The summed E-state index contributed by atoms with van der Waals surface area (Å²) in [6.45, 7) is 4.66. The maximum atomic E-state index is 13.7. The standard InChI is InChI=1S/C20H18Cl2F2N4OS/c1-11(2)9-28-19(13-7-6-12(21)8-14(13)22)26-27-20(28)30-10-17(29)25-18-15(23)4-3-5-16(18)24/h3-8,11H,9-10H2,1-2H3,(H,25,29). The van der Waals surface area contributed by atoms with Gasteiger partial charge in [-0.15, -0.1) is 10.2 Å². The zero-order chi connectivity index (χ0) is 21.8. The van der Waals surface area contributed by atoms with Gasteiger partial charge in [0, 0.05) is 17.1 Å². The molecular formula is C20H18Cl2F2N4OS. The van der Waals surface area contributed by atoms with Crippen LogP contribution >= 0.6 is 35.0 Å². The van der Waals surface area contributed by atoms with Gasteiger partial charge in [-0.1, -0.05) is 54.9 Å². The molecule has 0 saturated carbocycles. The Morgan fingerprint density at radius 2 is 1.87 bits per heavy atom. The molecule has 0 aliphatic heterocycles. The summed E-state index contributed by atoms with van der Waals surface area (Å²) in [5.41, 5.74) is 0.194. The molecule has 1 aromatic heterocycles. The molecule has 5 nitrogen and oxygen atoms in total. The molecule has 0 bridgehead atoms. The van der Waals surface area contributed by atoms with Gasteiger partial charge in [0.1, 0.15) is 17.3 Å². The van der Waals surface area contributed by atoms with Crippen LogP contribution in [0.25, 0.3) is 11.4 Å². The molecule has 3 aromatic rings. The lowest BCUT2D eigenvalue weighted by Gasteiger charge is -2.13. The molecule has 158 valence electrons. The number of para-hydroxylation sites is 1. The highest BCUT2D eigenvalue weighted by Gasteiger charge is 2.19. The van der Waals surface area contributed by atoms with Crippen LogP contribution in [0.4, 0.5) is 14.5 Å². The second kappa shape index (κ2) is 9.76. The Morgan fingerprint density at radius 3 is 2.50 bits per heavy atom. The number of thioether (sulfide) groups is 1. The minimum absolute atomic E-state index is 0.0989. The van der Waals surface area contributed by atoms with Crippen molar-refractivity contribution in [3.63, 3.8) is 0 Å². The van der Waals surface area contributed by atoms with Crippen molar-refractivity contribution in [1.82, 2.24) is 14.8 Å². The summed E-state index contributed by atoms with van der Waals surface area (Å²) in [6.07, 6.45) is 0. The van der Waals surface area contributed by atoms with Gasteiger partial charge in [-0.3, -0.25) is 4.79 Å². The van der Waals surface area contributed by atoms with Crippen LogP contribution in [0.2, 0.25) is 10.0 Å². The van der Waals surface area contributed by atoms with Crippen molar-refractivity contribution in [2.75, 3.05) is 11.1 Å². The Balaban J connectivity index is 1.80. The first-order valence-corrected chi connectivity index (χ1v) is 10.8. The number of hydrogen-bond donors (Lipinski definition) is 1. The molecule has 0 radical (unpaired) electrons. The first kappa shape index (κ1) is 22.5. The van der Waals surface area contributed by atoms with Gasteiger partial charge in [0.15, 0.2) is 11.0 Å². The quantitative estimate of drug-likeness (QED) is 0.435. The van der Waals surface area contributed by atoms with Crippen molar-refractivity contribution in [2.45, 2.75) is 25.5 Å². The molecule has 0 fully saturated rings. The molecule has 0 spiro atoms. The van der Waals surface area contributed by atoms with E-state index in [0.717, 1.165) is 23.9 Å². The molecule has 1 amide bonds. The number of aromatic nitrogens is 3. The van der Waals surface area contributed by atoms with E-state index >= 15 is 0 Å². The minimum atomic E-state index is -0.837. The van der Waals surface area contributed by atoms with Gasteiger partial charge in [0.25, 0.3) is 0 Å². The maximum absolute atomic E-state index is 13.7. The molecule has 3 rings (SSSR count). The highest BCUT2D eigenvalue weighted by Crippen LogP contribution is 2.32. The van der Waals surface area contributed by atoms with Crippen molar-refractivity contribution in [1.29, 1.82) is 0 Å². The number of carbonyl (C=O) groups is 1.